The van der Waals surface area contributed by atoms with Gasteiger partial charge in [-0.1, -0.05) is 0 Å². The van der Waals surface area contributed by atoms with Crippen molar-refractivity contribution in [1.82, 2.24) is 29.6 Å². The zero-order chi connectivity index (χ0) is 17.6. The number of hydrogen-bond donors (Lipinski definition) is 1. The number of halogens is 3. The van der Waals surface area contributed by atoms with Crippen molar-refractivity contribution in [2.75, 3.05) is 5.32 Å². The van der Waals surface area contributed by atoms with Gasteiger partial charge in [-0.25, -0.2) is 0 Å². The summed E-state index contributed by atoms with van der Waals surface area (Å²) in [5, 5.41) is 18.1. The van der Waals surface area contributed by atoms with E-state index >= 15 is 0 Å². The molecule has 3 aromatic rings. The fourth-order valence-electron chi connectivity index (χ4n) is 2.75. The van der Waals surface area contributed by atoms with Gasteiger partial charge in [0.2, 0.25) is 0 Å². The van der Waals surface area contributed by atoms with Gasteiger partial charge < -0.3 is 5.32 Å². The standard InChI is InChI=1S/C14H16F3N7/c1-7(12-8(2)21-23(4)9(12)3)18-10-5-6-11-19-20-13(14(15,16)17)24(11)22-10/h5-7H,1-4H3,(H,18,22). The highest BCUT2D eigenvalue weighted by Gasteiger charge is 2.37. The molecule has 0 radical (unpaired) electrons. The Balaban J connectivity index is 1.95. The molecule has 0 bridgehead atoms. The summed E-state index contributed by atoms with van der Waals surface area (Å²) in [5.74, 6) is -0.856. The molecule has 0 amide bonds. The van der Waals surface area contributed by atoms with Gasteiger partial charge in [0.05, 0.1) is 11.7 Å². The summed E-state index contributed by atoms with van der Waals surface area (Å²) in [6.45, 7) is 5.73. The van der Waals surface area contributed by atoms with E-state index < -0.39 is 12.0 Å². The summed E-state index contributed by atoms with van der Waals surface area (Å²) in [7, 11) is 1.84. The minimum absolute atomic E-state index is 0.0364. The number of rotatable bonds is 3. The molecule has 0 saturated carbocycles. The maximum absolute atomic E-state index is 12.9. The monoisotopic (exact) mass is 339 g/mol. The fourth-order valence-corrected chi connectivity index (χ4v) is 2.75. The molecule has 3 heterocycles. The van der Waals surface area contributed by atoms with Gasteiger partial charge in [0.1, 0.15) is 5.82 Å². The molecule has 0 fully saturated rings. The van der Waals surface area contributed by atoms with E-state index in [9.17, 15) is 13.2 Å². The Morgan fingerprint density at radius 3 is 2.42 bits per heavy atom. The van der Waals surface area contributed by atoms with E-state index in [1.54, 1.807) is 10.7 Å². The van der Waals surface area contributed by atoms with Gasteiger partial charge in [0.25, 0.3) is 5.82 Å². The average molecular weight is 339 g/mol. The quantitative estimate of drug-likeness (QED) is 0.794. The molecular formula is C14H16F3N7. The molecule has 10 heteroatoms. The van der Waals surface area contributed by atoms with E-state index in [1.165, 1.54) is 6.07 Å². The van der Waals surface area contributed by atoms with Gasteiger partial charge in [0.15, 0.2) is 5.65 Å². The molecule has 1 N–H and O–H groups in total. The molecule has 1 atom stereocenters. The van der Waals surface area contributed by atoms with Crippen molar-refractivity contribution in [1.29, 1.82) is 0 Å². The SMILES string of the molecule is Cc1nn(C)c(C)c1C(C)Nc1ccc2nnc(C(F)(F)F)n2n1. The third-order valence-electron chi connectivity index (χ3n) is 3.88. The van der Waals surface area contributed by atoms with Crippen LogP contribution in [0.25, 0.3) is 5.65 Å². The summed E-state index contributed by atoms with van der Waals surface area (Å²) in [6, 6.07) is 2.84. The van der Waals surface area contributed by atoms with Crippen molar-refractivity contribution >= 4 is 11.5 Å². The van der Waals surface area contributed by atoms with Gasteiger partial charge in [-0.2, -0.15) is 22.8 Å². The number of aryl methyl sites for hydroxylation is 2. The van der Waals surface area contributed by atoms with Crippen LogP contribution in [0.2, 0.25) is 0 Å². The van der Waals surface area contributed by atoms with Crippen molar-refractivity contribution in [2.24, 2.45) is 7.05 Å². The van der Waals surface area contributed by atoms with Crippen LogP contribution < -0.4 is 5.32 Å². The predicted octanol–water partition coefficient (Wildman–Crippen LogP) is 2.67. The molecule has 7 nitrogen and oxygen atoms in total. The van der Waals surface area contributed by atoms with Gasteiger partial charge in [0, 0.05) is 18.3 Å². The third-order valence-corrected chi connectivity index (χ3v) is 3.88. The highest BCUT2D eigenvalue weighted by Crippen LogP contribution is 2.28. The summed E-state index contributed by atoms with van der Waals surface area (Å²) in [6.07, 6.45) is -4.62. The summed E-state index contributed by atoms with van der Waals surface area (Å²) in [4.78, 5) is 0. The Morgan fingerprint density at radius 1 is 1.12 bits per heavy atom. The van der Waals surface area contributed by atoms with Crippen molar-refractivity contribution in [2.45, 2.75) is 33.0 Å². The summed E-state index contributed by atoms with van der Waals surface area (Å²) >= 11 is 0. The predicted molar refractivity (Wildman–Crippen MR) is 80.5 cm³/mol. The molecule has 0 aliphatic heterocycles. The smallest absolute Gasteiger partial charge is 0.362 e. The normalized spacial score (nSPS) is 13.5. The van der Waals surface area contributed by atoms with Crippen LogP contribution >= 0.6 is 0 Å². The second-order valence-electron chi connectivity index (χ2n) is 5.58. The molecule has 3 rings (SSSR count). The lowest BCUT2D eigenvalue weighted by molar-refractivity contribution is -0.146. The van der Waals surface area contributed by atoms with Crippen molar-refractivity contribution in [3.8, 4) is 0 Å². The van der Waals surface area contributed by atoms with E-state index in [4.69, 9.17) is 0 Å². The van der Waals surface area contributed by atoms with Crippen LogP contribution in [-0.2, 0) is 13.2 Å². The largest absolute Gasteiger partial charge is 0.453 e. The number of hydrogen-bond acceptors (Lipinski definition) is 5. The first-order valence-corrected chi connectivity index (χ1v) is 7.24. The molecular weight excluding hydrogens is 323 g/mol. The molecule has 24 heavy (non-hydrogen) atoms. The Morgan fingerprint density at radius 2 is 1.83 bits per heavy atom. The second-order valence-corrected chi connectivity index (χ2v) is 5.58. The third kappa shape index (κ3) is 2.68. The maximum atomic E-state index is 12.9. The first kappa shape index (κ1) is 16.2. The van der Waals surface area contributed by atoms with E-state index in [1.807, 2.05) is 27.8 Å². The molecule has 0 aliphatic carbocycles. The summed E-state index contributed by atoms with van der Waals surface area (Å²) in [5.41, 5.74) is 2.86. The van der Waals surface area contributed by atoms with Crippen molar-refractivity contribution in [3.05, 3.63) is 34.9 Å². The molecule has 0 aliphatic rings. The zero-order valence-corrected chi connectivity index (χ0v) is 13.5. The highest BCUT2D eigenvalue weighted by molar-refractivity contribution is 5.46. The van der Waals surface area contributed by atoms with Crippen LogP contribution in [0.4, 0.5) is 19.0 Å². The number of fused-ring (bicyclic) bond motifs is 1. The number of alkyl halides is 3. The molecule has 3 aromatic heterocycles. The van der Waals surface area contributed by atoms with Crippen LogP contribution in [0.15, 0.2) is 12.1 Å². The van der Waals surface area contributed by atoms with Crippen LogP contribution in [0, 0.1) is 13.8 Å². The van der Waals surface area contributed by atoms with Crippen LogP contribution in [0.1, 0.15) is 35.7 Å². The lowest BCUT2D eigenvalue weighted by Crippen LogP contribution is -2.15. The molecule has 128 valence electrons. The van der Waals surface area contributed by atoms with Gasteiger partial charge in [-0.15, -0.1) is 15.3 Å². The molecule has 0 aromatic carbocycles. The Hall–Kier alpha value is -2.65. The van der Waals surface area contributed by atoms with Gasteiger partial charge >= 0.3 is 6.18 Å². The van der Waals surface area contributed by atoms with Gasteiger partial charge in [-0.3, -0.25) is 4.68 Å². The van der Waals surface area contributed by atoms with Gasteiger partial charge in [-0.05, 0) is 32.9 Å². The van der Waals surface area contributed by atoms with Crippen molar-refractivity contribution in [3.63, 3.8) is 0 Å². The highest BCUT2D eigenvalue weighted by atomic mass is 19.4. The molecule has 0 spiro atoms. The number of nitrogens with one attached hydrogen (secondary N) is 1. The van der Waals surface area contributed by atoms with Crippen molar-refractivity contribution < 1.29 is 13.2 Å². The first-order valence-electron chi connectivity index (χ1n) is 7.24. The Bertz CT molecular complexity index is 894. The molecule has 0 saturated heterocycles. The second kappa shape index (κ2) is 5.46. The minimum atomic E-state index is -4.62. The lowest BCUT2D eigenvalue weighted by Gasteiger charge is -2.15. The lowest BCUT2D eigenvalue weighted by atomic mass is 10.1. The Labute approximate surface area is 135 Å². The first-order chi connectivity index (χ1) is 11.2. The molecule has 1 unspecified atom stereocenters. The van der Waals surface area contributed by atoms with Crippen LogP contribution in [0.5, 0.6) is 0 Å². The average Bonchev–Trinajstić information content (AvgIpc) is 2.99. The fraction of sp³-hybridized carbons (Fsp3) is 0.429. The number of aromatic nitrogens is 6. The Kier molecular flexibility index (Phi) is 3.69. The summed E-state index contributed by atoms with van der Waals surface area (Å²) < 4.78 is 41.2. The number of anilines is 1. The van der Waals surface area contributed by atoms with E-state index in [0.717, 1.165) is 17.0 Å². The maximum Gasteiger partial charge on any atom is 0.453 e. The van der Waals surface area contributed by atoms with E-state index in [-0.39, 0.29) is 11.7 Å². The van der Waals surface area contributed by atoms with Crippen LogP contribution in [0.3, 0.4) is 0 Å². The number of nitrogens with zero attached hydrogens (tertiary/aromatic N) is 6. The topological polar surface area (TPSA) is 72.9 Å². The van der Waals surface area contributed by atoms with E-state index in [2.05, 4.69) is 25.7 Å². The minimum Gasteiger partial charge on any atom is -0.362 e. The van der Waals surface area contributed by atoms with E-state index in [0.29, 0.717) is 10.3 Å². The van der Waals surface area contributed by atoms with Crippen LogP contribution in [-0.4, -0.2) is 29.6 Å². The zero-order valence-electron chi connectivity index (χ0n) is 13.5.